The number of benzene rings is 1. The zero-order valence-corrected chi connectivity index (χ0v) is 10.9. The summed E-state index contributed by atoms with van der Waals surface area (Å²) in [4.78, 5) is 0. The molecule has 4 heteroatoms. The molecule has 1 rings (SSSR count). The van der Waals surface area contributed by atoms with E-state index in [9.17, 15) is 0 Å². The normalized spacial score (nSPS) is 10.8. The van der Waals surface area contributed by atoms with Gasteiger partial charge in [0.1, 0.15) is 5.75 Å². The monoisotopic (exact) mass is 248 g/mol. The highest BCUT2D eigenvalue weighted by molar-refractivity contribution is 6.48. The van der Waals surface area contributed by atoms with E-state index < -0.39 is 7.12 Å². The van der Waals surface area contributed by atoms with Gasteiger partial charge in [-0.05, 0) is 24.1 Å². The van der Waals surface area contributed by atoms with Crippen LogP contribution in [0.4, 0.5) is 0 Å². The second-order valence-corrected chi connectivity index (χ2v) is 4.25. The Morgan fingerprint density at radius 1 is 1.11 bits per heavy atom. The summed E-state index contributed by atoms with van der Waals surface area (Å²) in [7, 11) is -1.40. The molecule has 0 aliphatic carbocycles. The van der Waals surface area contributed by atoms with Gasteiger partial charge in [0, 0.05) is 0 Å². The van der Waals surface area contributed by atoms with Crippen molar-refractivity contribution in [1.29, 1.82) is 0 Å². The second-order valence-electron chi connectivity index (χ2n) is 4.25. The highest BCUT2D eigenvalue weighted by Crippen LogP contribution is 2.14. The molecule has 2 N–H and O–H groups in total. The highest BCUT2D eigenvalue weighted by Gasteiger charge is 1.98. The number of ether oxygens (including phenoxy) is 1. The lowest BCUT2D eigenvalue weighted by atomic mass is 9.91. The molecule has 0 atom stereocenters. The summed E-state index contributed by atoms with van der Waals surface area (Å²) in [6.07, 6.45) is 6.46. The van der Waals surface area contributed by atoms with Gasteiger partial charge in [-0.3, -0.25) is 0 Å². The third-order valence-corrected chi connectivity index (χ3v) is 2.61. The van der Waals surface area contributed by atoms with E-state index in [1.54, 1.807) is 6.08 Å². The summed E-state index contributed by atoms with van der Waals surface area (Å²) in [5, 5.41) is 17.4. The summed E-state index contributed by atoms with van der Waals surface area (Å²) in [5.74, 6) is 2.17. The topological polar surface area (TPSA) is 49.7 Å². The van der Waals surface area contributed by atoms with E-state index in [1.807, 2.05) is 24.3 Å². The molecule has 0 saturated heterocycles. The van der Waals surface area contributed by atoms with Crippen molar-refractivity contribution < 1.29 is 14.8 Å². The smallest absolute Gasteiger partial charge is 0.480 e. The molecule has 0 bridgehead atoms. The lowest BCUT2D eigenvalue weighted by Crippen LogP contribution is -2.05. The molecule has 0 unspecified atom stereocenters. The van der Waals surface area contributed by atoms with Gasteiger partial charge in [0.2, 0.25) is 0 Å². The predicted molar refractivity (Wildman–Crippen MR) is 75.3 cm³/mol. The first-order valence-electron chi connectivity index (χ1n) is 6.49. The van der Waals surface area contributed by atoms with Crippen LogP contribution in [0.15, 0.2) is 30.2 Å². The molecule has 0 heterocycles. The lowest BCUT2D eigenvalue weighted by molar-refractivity contribution is 0.305. The summed E-state index contributed by atoms with van der Waals surface area (Å²) in [6, 6.07) is 7.56. The molecule has 1 aromatic rings. The van der Waals surface area contributed by atoms with Gasteiger partial charge >= 0.3 is 7.12 Å². The standard InChI is InChI=1S/C14H21BO3/c1-2-3-4-5-12-18-14-8-6-13(7-9-14)10-11-15(16)17/h6-11,16-17H,2-5,12H2,1H3/b11-10+. The maximum absolute atomic E-state index is 8.70. The van der Waals surface area contributed by atoms with Gasteiger partial charge < -0.3 is 14.8 Å². The van der Waals surface area contributed by atoms with Gasteiger partial charge in [-0.25, -0.2) is 0 Å². The van der Waals surface area contributed by atoms with Crippen molar-refractivity contribution in [3.05, 3.63) is 35.8 Å². The Labute approximate surface area is 109 Å². The molecule has 0 aliphatic rings. The van der Waals surface area contributed by atoms with Crippen LogP contribution in [0.2, 0.25) is 0 Å². The van der Waals surface area contributed by atoms with Crippen LogP contribution in [0.5, 0.6) is 5.75 Å². The van der Waals surface area contributed by atoms with Gasteiger partial charge in [0.25, 0.3) is 0 Å². The zero-order chi connectivity index (χ0) is 13.2. The molecule has 0 radical (unpaired) electrons. The van der Waals surface area contributed by atoms with Gasteiger partial charge in [-0.2, -0.15) is 0 Å². The van der Waals surface area contributed by atoms with E-state index in [4.69, 9.17) is 14.8 Å². The van der Waals surface area contributed by atoms with Crippen LogP contribution >= 0.6 is 0 Å². The molecular formula is C14H21BO3. The van der Waals surface area contributed by atoms with E-state index >= 15 is 0 Å². The van der Waals surface area contributed by atoms with E-state index in [-0.39, 0.29) is 0 Å². The highest BCUT2D eigenvalue weighted by atomic mass is 16.5. The fourth-order valence-electron chi connectivity index (χ4n) is 1.59. The molecular weight excluding hydrogens is 227 g/mol. The fraction of sp³-hybridized carbons (Fsp3) is 0.429. The molecule has 3 nitrogen and oxygen atoms in total. The Kier molecular flexibility index (Phi) is 7.22. The van der Waals surface area contributed by atoms with Gasteiger partial charge in [0.15, 0.2) is 0 Å². The van der Waals surface area contributed by atoms with E-state index in [1.165, 1.54) is 25.2 Å². The van der Waals surface area contributed by atoms with Crippen LogP contribution in [0, 0.1) is 0 Å². The Balaban J connectivity index is 2.31. The average Bonchev–Trinajstić information content (AvgIpc) is 2.37. The molecule has 18 heavy (non-hydrogen) atoms. The largest absolute Gasteiger partial charge is 0.494 e. The second kappa shape index (κ2) is 8.78. The van der Waals surface area contributed by atoms with Gasteiger partial charge in [0.05, 0.1) is 6.61 Å². The molecule has 0 amide bonds. The maximum atomic E-state index is 8.70. The minimum atomic E-state index is -1.40. The third-order valence-electron chi connectivity index (χ3n) is 2.61. The SMILES string of the molecule is CCCCCCOc1ccc(/C=C/B(O)O)cc1. The first kappa shape index (κ1) is 14.8. The molecule has 1 aromatic carbocycles. The van der Waals surface area contributed by atoms with Crippen LogP contribution in [0.1, 0.15) is 38.2 Å². The minimum Gasteiger partial charge on any atom is -0.494 e. The van der Waals surface area contributed by atoms with Crippen molar-refractivity contribution in [2.24, 2.45) is 0 Å². The predicted octanol–water partition coefficient (Wildman–Crippen LogP) is 2.67. The van der Waals surface area contributed by atoms with Crippen molar-refractivity contribution >= 4 is 13.2 Å². The van der Waals surface area contributed by atoms with Crippen LogP contribution in [0.3, 0.4) is 0 Å². The minimum absolute atomic E-state index is 0.755. The Morgan fingerprint density at radius 2 is 1.83 bits per heavy atom. The van der Waals surface area contributed by atoms with Gasteiger partial charge in [-0.1, -0.05) is 50.4 Å². The fourth-order valence-corrected chi connectivity index (χ4v) is 1.59. The van der Waals surface area contributed by atoms with Crippen LogP contribution < -0.4 is 4.74 Å². The van der Waals surface area contributed by atoms with E-state index in [0.717, 1.165) is 24.3 Å². The van der Waals surface area contributed by atoms with Crippen molar-refractivity contribution in [3.8, 4) is 5.75 Å². The summed E-state index contributed by atoms with van der Waals surface area (Å²) in [5.41, 5.74) is 0.918. The van der Waals surface area contributed by atoms with Gasteiger partial charge in [-0.15, -0.1) is 0 Å². The van der Waals surface area contributed by atoms with E-state index in [0.29, 0.717) is 0 Å². The van der Waals surface area contributed by atoms with Crippen molar-refractivity contribution in [3.63, 3.8) is 0 Å². The first-order chi connectivity index (χ1) is 8.72. The first-order valence-corrected chi connectivity index (χ1v) is 6.49. The molecule has 0 saturated carbocycles. The van der Waals surface area contributed by atoms with Crippen LogP contribution in [-0.2, 0) is 0 Å². The number of hydrogen-bond donors (Lipinski definition) is 2. The number of hydrogen-bond acceptors (Lipinski definition) is 3. The Morgan fingerprint density at radius 3 is 2.44 bits per heavy atom. The zero-order valence-electron chi connectivity index (χ0n) is 10.9. The molecule has 98 valence electrons. The number of unbranched alkanes of at least 4 members (excludes halogenated alkanes) is 3. The van der Waals surface area contributed by atoms with Crippen molar-refractivity contribution in [2.45, 2.75) is 32.6 Å². The van der Waals surface area contributed by atoms with Crippen LogP contribution in [-0.4, -0.2) is 23.8 Å². The molecule has 0 aliphatic heterocycles. The maximum Gasteiger partial charge on any atom is 0.480 e. The summed E-state index contributed by atoms with van der Waals surface area (Å²) >= 11 is 0. The Bertz CT molecular complexity index is 347. The van der Waals surface area contributed by atoms with Crippen LogP contribution in [0.25, 0.3) is 6.08 Å². The molecule has 0 fully saturated rings. The summed E-state index contributed by atoms with van der Waals surface area (Å²) in [6.45, 7) is 2.95. The van der Waals surface area contributed by atoms with E-state index in [2.05, 4.69) is 6.92 Å². The van der Waals surface area contributed by atoms with Crippen molar-refractivity contribution in [2.75, 3.05) is 6.61 Å². The lowest BCUT2D eigenvalue weighted by Gasteiger charge is -2.06. The Hall–Kier alpha value is -1.26. The average molecular weight is 248 g/mol. The molecule has 0 aromatic heterocycles. The number of rotatable bonds is 8. The summed E-state index contributed by atoms with van der Waals surface area (Å²) < 4.78 is 5.61. The quantitative estimate of drug-likeness (QED) is 0.549. The van der Waals surface area contributed by atoms with Crippen molar-refractivity contribution in [1.82, 2.24) is 0 Å². The third kappa shape index (κ3) is 6.47. The molecule has 0 spiro atoms.